The highest BCUT2D eigenvalue weighted by molar-refractivity contribution is 8.00. The molecule has 0 saturated carbocycles. The highest BCUT2D eigenvalue weighted by atomic mass is 32.2. The zero-order chi connectivity index (χ0) is 21.3. The summed E-state index contributed by atoms with van der Waals surface area (Å²) < 4.78 is 1.87. The first kappa shape index (κ1) is 20.5. The van der Waals surface area contributed by atoms with Crippen LogP contribution in [0.15, 0.2) is 48.5 Å². The Kier molecular flexibility index (Phi) is 5.86. The molecule has 0 saturated heterocycles. The van der Waals surface area contributed by atoms with Gasteiger partial charge in [0.1, 0.15) is 5.82 Å². The van der Waals surface area contributed by atoms with Gasteiger partial charge in [0.25, 0.3) is 0 Å². The summed E-state index contributed by atoms with van der Waals surface area (Å²) in [5.74, 6) is 1.21. The van der Waals surface area contributed by atoms with E-state index in [1.165, 1.54) is 16.8 Å². The molecule has 1 N–H and O–H groups in total. The van der Waals surface area contributed by atoms with E-state index < -0.39 is 0 Å². The van der Waals surface area contributed by atoms with E-state index in [-0.39, 0.29) is 11.2 Å². The van der Waals surface area contributed by atoms with Crippen molar-refractivity contribution >= 4 is 29.2 Å². The summed E-state index contributed by atoms with van der Waals surface area (Å²) in [6.45, 7) is 10.4. The fourth-order valence-electron chi connectivity index (χ4n) is 3.97. The van der Waals surface area contributed by atoms with Crippen LogP contribution in [0.3, 0.4) is 0 Å². The Morgan fingerprint density at radius 1 is 1.07 bits per heavy atom. The summed E-state index contributed by atoms with van der Waals surface area (Å²) in [4.78, 5) is 14.8. The van der Waals surface area contributed by atoms with Gasteiger partial charge < -0.3 is 10.2 Å². The average Bonchev–Trinajstić information content (AvgIpc) is 2.95. The van der Waals surface area contributed by atoms with E-state index in [1.54, 1.807) is 11.8 Å². The number of aromatic nitrogens is 2. The maximum Gasteiger partial charge on any atom is 0.235 e. The molecule has 0 radical (unpaired) electrons. The van der Waals surface area contributed by atoms with Crippen LogP contribution >= 0.6 is 11.8 Å². The second kappa shape index (κ2) is 8.56. The molecular formula is C24H28N4OS. The number of hydrogen-bond acceptors (Lipinski definition) is 4. The number of anilines is 2. The fourth-order valence-corrected chi connectivity index (χ4v) is 5.16. The number of carbonyl (C=O) groups excluding carboxylic acids is 1. The standard InChI is InChI=1S/C24H28N4OS/c1-5-27(6-2)19-13-9-18(10-14-19)23-22-17(4)26-28(20-11-7-16(3)8-12-20)24(22)25-21(29)15-30-23/h7-14,23H,5-6,15H2,1-4H3,(H,25,29). The molecule has 1 amide bonds. The van der Waals surface area contributed by atoms with Crippen LogP contribution in [-0.2, 0) is 4.79 Å². The van der Waals surface area contributed by atoms with Gasteiger partial charge in [-0.15, -0.1) is 11.8 Å². The number of benzene rings is 2. The lowest BCUT2D eigenvalue weighted by atomic mass is 10.0. The van der Waals surface area contributed by atoms with E-state index in [1.807, 2.05) is 23.7 Å². The third-order valence-electron chi connectivity index (χ3n) is 5.61. The van der Waals surface area contributed by atoms with Crippen molar-refractivity contribution in [2.45, 2.75) is 32.9 Å². The normalized spacial score (nSPS) is 16.0. The van der Waals surface area contributed by atoms with Gasteiger partial charge in [0, 0.05) is 24.3 Å². The Morgan fingerprint density at radius 2 is 1.73 bits per heavy atom. The van der Waals surface area contributed by atoms with Gasteiger partial charge >= 0.3 is 0 Å². The molecule has 1 aliphatic rings. The summed E-state index contributed by atoms with van der Waals surface area (Å²) in [5, 5.41) is 7.96. The molecule has 1 aliphatic heterocycles. The topological polar surface area (TPSA) is 50.2 Å². The fraction of sp³-hybridized carbons (Fsp3) is 0.333. The molecule has 2 heterocycles. The molecule has 2 aromatic carbocycles. The molecular weight excluding hydrogens is 392 g/mol. The van der Waals surface area contributed by atoms with Crippen molar-refractivity contribution in [2.24, 2.45) is 0 Å². The lowest BCUT2D eigenvalue weighted by Gasteiger charge is -2.22. The third kappa shape index (κ3) is 3.84. The number of carbonyl (C=O) groups is 1. The van der Waals surface area contributed by atoms with Crippen LogP contribution in [0.4, 0.5) is 11.5 Å². The molecule has 156 valence electrons. The summed E-state index contributed by atoms with van der Waals surface area (Å²) in [6.07, 6.45) is 0. The summed E-state index contributed by atoms with van der Waals surface area (Å²) in [7, 11) is 0. The molecule has 0 spiro atoms. The van der Waals surface area contributed by atoms with E-state index in [2.05, 4.69) is 67.4 Å². The summed E-state index contributed by atoms with van der Waals surface area (Å²) in [5.41, 5.74) is 6.59. The Balaban J connectivity index is 1.77. The SMILES string of the molecule is CCN(CC)c1ccc(C2SCC(=O)Nc3c2c(C)nn3-c2ccc(C)cc2)cc1. The van der Waals surface area contributed by atoms with Crippen molar-refractivity contribution in [3.8, 4) is 5.69 Å². The smallest absolute Gasteiger partial charge is 0.235 e. The first-order valence-electron chi connectivity index (χ1n) is 10.4. The molecule has 0 fully saturated rings. The van der Waals surface area contributed by atoms with Gasteiger partial charge in [0.15, 0.2) is 0 Å². The molecule has 1 aromatic heterocycles. The molecule has 1 atom stereocenters. The number of amides is 1. The van der Waals surface area contributed by atoms with E-state index in [9.17, 15) is 4.79 Å². The van der Waals surface area contributed by atoms with Crippen LogP contribution in [0.25, 0.3) is 5.69 Å². The number of rotatable bonds is 5. The Labute approximate surface area is 182 Å². The third-order valence-corrected chi connectivity index (χ3v) is 6.88. The van der Waals surface area contributed by atoms with Gasteiger partial charge in [0.2, 0.25) is 5.91 Å². The minimum atomic E-state index is 0.0109. The van der Waals surface area contributed by atoms with Crippen LogP contribution in [0.2, 0.25) is 0 Å². The van der Waals surface area contributed by atoms with Gasteiger partial charge in [-0.3, -0.25) is 4.79 Å². The molecule has 3 aromatic rings. The van der Waals surface area contributed by atoms with Gasteiger partial charge in [-0.2, -0.15) is 5.10 Å². The highest BCUT2D eigenvalue weighted by Gasteiger charge is 2.30. The molecule has 4 rings (SSSR count). The lowest BCUT2D eigenvalue weighted by molar-refractivity contribution is -0.113. The van der Waals surface area contributed by atoms with E-state index in [0.29, 0.717) is 5.75 Å². The van der Waals surface area contributed by atoms with E-state index in [4.69, 9.17) is 5.10 Å². The Bertz CT molecular complexity index is 1040. The Hall–Kier alpha value is -2.73. The number of nitrogens with zero attached hydrogens (tertiary/aromatic N) is 3. The van der Waals surface area contributed by atoms with E-state index >= 15 is 0 Å². The maximum atomic E-state index is 12.5. The molecule has 30 heavy (non-hydrogen) atoms. The number of hydrogen-bond donors (Lipinski definition) is 1. The van der Waals surface area contributed by atoms with Crippen molar-refractivity contribution in [1.29, 1.82) is 0 Å². The highest BCUT2D eigenvalue weighted by Crippen LogP contribution is 2.44. The van der Waals surface area contributed by atoms with Gasteiger partial charge in [0.05, 0.1) is 22.4 Å². The second-order valence-corrected chi connectivity index (χ2v) is 8.69. The predicted octanol–water partition coefficient (Wildman–Crippen LogP) is 5.11. The van der Waals surface area contributed by atoms with Gasteiger partial charge in [-0.1, -0.05) is 29.8 Å². The Morgan fingerprint density at radius 3 is 2.37 bits per heavy atom. The molecule has 0 aliphatic carbocycles. The lowest BCUT2D eigenvalue weighted by Crippen LogP contribution is -2.21. The number of fused-ring (bicyclic) bond motifs is 1. The molecule has 1 unspecified atom stereocenters. The van der Waals surface area contributed by atoms with Gasteiger partial charge in [-0.05, 0) is 57.5 Å². The second-order valence-electron chi connectivity index (χ2n) is 7.60. The molecule has 5 nitrogen and oxygen atoms in total. The maximum absolute atomic E-state index is 12.5. The zero-order valence-electron chi connectivity index (χ0n) is 18.0. The van der Waals surface area contributed by atoms with Crippen molar-refractivity contribution in [2.75, 3.05) is 29.1 Å². The van der Waals surface area contributed by atoms with Crippen LogP contribution < -0.4 is 10.2 Å². The van der Waals surface area contributed by atoms with Gasteiger partial charge in [-0.25, -0.2) is 4.68 Å². The number of aryl methyl sites for hydroxylation is 2. The van der Waals surface area contributed by atoms with Crippen LogP contribution in [0, 0.1) is 13.8 Å². The number of thioether (sulfide) groups is 1. The average molecular weight is 421 g/mol. The van der Waals surface area contributed by atoms with Crippen molar-refractivity contribution in [3.05, 3.63) is 70.9 Å². The van der Waals surface area contributed by atoms with E-state index in [0.717, 1.165) is 35.9 Å². The minimum Gasteiger partial charge on any atom is -0.372 e. The quantitative estimate of drug-likeness (QED) is 0.623. The van der Waals surface area contributed by atoms with Crippen LogP contribution in [0.1, 0.15) is 41.5 Å². The minimum absolute atomic E-state index is 0.0109. The van der Waals surface area contributed by atoms with Crippen molar-refractivity contribution in [1.82, 2.24) is 9.78 Å². The predicted molar refractivity (Wildman–Crippen MR) is 126 cm³/mol. The van der Waals surface area contributed by atoms with Crippen molar-refractivity contribution in [3.63, 3.8) is 0 Å². The molecule has 0 bridgehead atoms. The first-order valence-corrected chi connectivity index (χ1v) is 11.5. The number of nitrogens with one attached hydrogen (secondary N) is 1. The van der Waals surface area contributed by atoms with Crippen molar-refractivity contribution < 1.29 is 4.79 Å². The first-order chi connectivity index (χ1) is 14.5. The zero-order valence-corrected chi connectivity index (χ0v) is 18.8. The molecule has 6 heteroatoms. The largest absolute Gasteiger partial charge is 0.372 e. The van der Waals surface area contributed by atoms with Crippen LogP contribution in [-0.4, -0.2) is 34.5 Å². The van der Waals surface area contributed by atoms with Crippen LogP contribution in [0.5, 0.6) is 0 Å². The summed E-state index contributed by atoms with van der Waals surface area (Å²) >= 11 is 1.66. The monoisotopic (exact) mass is 420 g/mol. The summed E-state index contributed by atoms with van der Waals surface area (Å²) in [6, 6.07) is 17.0.